The highest BCUT2D eigenvalue weighted by Crippen LogP contribution is 2.29. The van der Waals surface area contributed by atoms with Gasteiger partial charge in [0.2, 0.25) is 0 Å². The number of ether oxygens (including phenoxy) is 1. The summed E-state index contributed by atoms with van der Waals surface area (Å²) in [4.78, 5) is 46.6. The van der Waals surface area contributed by atoms with E-state index in [1.54, 1.807) is 30.3 Å². The van der Waals surface area contributed by atoms with Crippen molar-refractivity contribution in [3.63, 3.8) is 0 Å². The fourth-order valence-electron chi connectivity index (χ4n) is 3.20. The number of nitro groups is 1. The molecule has 11 heteroatoms. The van der Waals surface area contributed by atoms with Gasteiger partial charge in [-0.1, -0.05) is 12.1 Å². The minimum absolute atomic E-state index is 0.0359. The van der Waals surface area contributed by atoms with E-state index in [4.69, 9.17) is 10.5 Å². The summed E-state index contributed by atoms with van der Waals surface area (Å²) >= 11 is 0. The van der Waals surface area contributed by atoms with Gasteiger partial charge in [-0.25, -0.2) is 19.3 Å². The molecule has 0 saturated heterocycles. The number of primary amides is 1. The molecule has 0 bridgehead atoms. The Hall–Kier alpha value is -4.54. The Morgan fingerprint density at radius 3 is 2.55 bits per heavy atom. The first-order valence-corrected chi connectivity index (χ1v) is 9.20. The number of nitrogens with one attached hydrogen (secondary N) is 1. The van der Waals surface area contributed by atoms with Crippen LogP contribution in [0.15, 0.2) is 53.3 Å². The van der Waals surface area contributed by atoms with E-state index in [-0.39, 0.29) is 33.9 Å². The maximum absolute atomic E-state index is 12.7. The smallest absolute Gasteiger partial charge is 0.332 e. The fraction of sp³-hybridized carbons (Fsp3) is 0.100. The number of rotatable bonds is 6. The summed E-state index contributed by atoms with van der Waals surface area (Å²) in [5.74, 6) is -0.396. The average molecular weight is 420 g/mol. The third-order valence-corrected chi connectivity index (χ3v) is 4.52. The Bertz CT molecular complexity index is 1370. The van der Waals surface area contributed by atoms with Gasteiger partial charge < -0.3 is 15.5 Å². The van der Waals surface area contributed by atoms with Crippen LogP contribution in [0.4, 0.5) is 5.69 Å². The molecule has 2 aromatic heterocycles. The van der Waals surface area contributed by atoms with Gasteiger partial charge in [0, 0.05) is 6.07 Å². The number of imidazole rings is 1. The Labute approximate surface area is 174 Å². The van der Waals surface area contributed by atoms with E-state index in [0.717, 1.165) is 0 Å². The molecule has 2 aromatic carbocycles. The Kier molecular flexibility index (Phi) is 4.91. The highest BCUT2D eigenvalue weighted by atomic mass is 16.6. The molecule has 0 fully saturated rings. The standard InChI is InChI=1S/C20H16N6O5/c1-2-31-12-9-7-11(8-10-12)25-19-16(23-20(25)28)15(17(21)27)22-18(24-19)13-5-3-4-6-14(13)26(29)30/h3-10H,2H2,1H3,(H2,21,27)(H,23,28). The summed E-state index contributed by atoms with van der Waals surface area (Å²) in [5, 5.41) is 11.4. The van der Waals surface area contributed by atoms with Crippen LogP contribution in [-0.4, -0.2) is 37.0 Å². The van der Waals surface area contributed by atoms with Gasteiger partial charge in [0.25, 0.3) is 11.6 Å². The van der Waals surface area contributed by atoms with Crippen LogP contribution in [0, 0.1) is 10.1 Å². The Morgan fingerprint density at radius 1 is 1.19 bits per heavy atom. The summed E-state index contributed by atoms with van der Waals surface area (Å²) in [6.07, 6.45) is 0. The van der Waals surface area contributed by atoms with Gasteiger partial charge >= 0.3 is 5.69 Å². The predicted octanol–water partition coefficient (Wildman–Crippen LogP) is 2.18. The lowest BCUT2D eigenvalue weighted by atomic mass is 10.1. The lowest BCUT2D eigenvalue weighted by Crippen LogP contribution is -2.15. The number of carbonyl (C=O) groups is 1. The molecule has 0 unspecified atom stereocenters. The molecule has 1 amide bonds. The average Bonchev–Trinajstić information content (AvgIpc) is 3.09. The summed E-state index contributed by atoms with van der Waals surface area (Å²) in [5.41, 5.74) is 5.02. The number of aromatic nitrogens is 4. The second-order valence-corrected chi connectivity index (χ2v) is 6.43. The molecule has 3 N–H and O–H groups in total. The van der Waals surface area contributed by atoms with Gasteiger partial charge in [0.15, 0.2) is 17.2 Å². The van der Waals surface area contributed by atoms with Crippen LogP contribution in [0.3, 0.4) is 0 Å². The number of benzene rings is 2. The van der Waals surface area contributed by atoms with Crippen LogP contribution < -0.4 is 16.2 Å². The van der Waals surface area contributed by atoms with E-state index in [0.29, 0.717) is 18.0 Å². The molecule has 0 saturated carbocycles. The van der Waals surface area contributed by atoms with Crippen molar-refractivity contribution >= 4 is 22.8 Å². The van der Waals surface area contributed by atoms with Crippen molar-refractivity contribution < 1.29 is 14.5 Å². The number of hydrogen-bond donors (Lipinski definition) is 2. The quantitative estimate of drug-likeness (QED) is 0.357. The van der Waals surface area contributed by atoms with Crippen LogP contribution in [0.1, 0.15) is 17.4 Å². The second kappa shape index (κ2) is 7.71. The molecule has 0 aliphatic rings. The van der Waals surface area contributed by atoms with E-state index in [9.17, 15) is 19.7 Å². The highest BCUT2D eigenvalue weighted by molar-refractivity contribution is 6.02. The molecular formula is C20H16N6O5. The summed E-state index contributed by atoms with van der Waals surface area (Å²) < 4.78 is 6.65. The lowest BCUT2D eigenvalue weighted by molar-refractivity contribution is -0.384. The lowest BCUT2D eigenvalue weighted by Gasteiger charge is -2.08. The molecule has 0 aliphatic carbocycles. The number of carbonyl (C=O) groups excluding carboxylic acids is 1. The van der Waals surface area contributed by atoms with Crippen LogP contribution in [0.5, 0.6) is 5.75 Å². The van der Waals surface area contributed by atoms with Crippen molar-refractivity contribution in [3.8, 4) is 22.8 Å². The highest BCUT2D eigenvalue weighted by Gasteiger charge is 2.23. The molecule has 0 aliphatic heterocycles. The second-order valence-electron chi connectivity index (χ2n) is 6.43. The van der Waals surface area contributed by atoms with E-state index < -0.39 is 16.5 Å². The molecule has 4 aromatic rings. The molecule has 11 nitrogen and oxygen atoms in total. The zero-order chi connectivity index (χ0) is 22.1. The molecular weight excluding hydrogens is 404 g/mol. The van der Waals surface area contributed by atoms with Gasteiger partial charge in [-0.05, 0) is 37.3 Å². The molecule has 4 rings (SSSR count). The van der Waals surface area contributed by atoms with Crippen LogP contribution in [0.25, 0.3) is 28.2 Å². The Balaban J connectivity index is 2.00. The van der Waals surface area contributed by atoms with Crippen LogP contribution in [-0.2, 0) is 0 Å². The SMILES string of the molecule is CCOc1ccc(-n2c(=O)[nH]c3c(C(N)=O)nc(-c4ccccc4[N+](=O)[O-])nc32)cc1. The zero-order valence-electron chi connectivity index (χ0n) is 16.2. The van der Waals surface area contributed by atoms with Crippen molar-refractivity contribution in [2.24, 2.45) is 5.73 Å². The van der Waals surface area contributed by atoms with E-state index in [2.05, 4.69) is 15.0 Å². The predicted molar refractivity (Wildman–Crippen MR) is 111 cm³/mol. The molecule has 0 spiro atoms. The number of nitrogens with zero attached hydrogens (tertiary/aromatic N) is 4. The van der Waals surface area contributed by atoms with Crippen molar-refractivity contribution in [1.82, 2.24) is 19.5 Å². The Morgan fingerprint density at radius 2 is 1.90 bits per heavy atom. The number of amides is 1. The van der Waals surface area contributed by atoms with E-state index in [1.807, 2.05) is 6.92 Å². The van der Waals surface area contributed by atoms with Gasteiger partial charge in [-0.15, -0.1) is 0 Å². The van der Waals surface area contributed by atoms with Crippen molar-refractivity contribution in [2.45, 2.75) is 6.92 Å². The van der Waals surface area contributed by atoms with Gasteiger partial charge in [-0.2, -0.15) is 0 Å². The first-order chi connectivity index (χ1) is 14.9. The number of nitro benzene ring substituents is 1. The van der Waals surface area contributed by atoms with Crippen molar-refractivity contribution in [2.75, 3.05) is 6.61 Å². The molecule has 0 atom stereocenters. The largest absolute Gasteiger partial charge is 0.494 e. The molecule has 156 valence electrons. The van der Waals surface area contributed by atoms with E-state index in [1.165, 1.54) is 22.8 Å². The molecule has 2 heterocycles. The van der Waals surface area contributed by atoms with Gasteiger partial charge in [0.1, 0.15) is 11.3 Å². The normalized spacial score (nSPS) is 10.9. The van der Waals surface area contributed by atoms with E-state index >= 15 is 0 Å². The third kappa shape index (κ3) is 3.48. The number of hydrogen-bond acceptors (Lipinski definition) is 7. The monoisotopic (exact) mass is 420 g/mol. The van der Waals surface area contributed by atoms with Crippen LogP contribution >= 0.6 is 0 Å². The molecule has 31 heavy (non-hydrogen) atoms. The maximum Gasteiger partial charge on any atom is 0.332 e. The minimum Gasteiger partial charge on any atom is -0.494 e. The summed E-state index contributed by atoms with van der Waals surface area (Å²) in [7, 11) is 0. The van der Waals surface area contributed by atoms with Gasteiger partial charge in [0.05, 0.1) is 22.8 Å². The number of aromatic amines is 1. The number of fused-ring (bicyclic) bond motifs is 1. The third-order valence-electron chi connectivity index (χ3n) is 4.52. The number of nitrogens with two attached hydrogens (primary N) is 1. The summed E-state index contributed by atoms with van der Waals surface area (Å²) in [6, 6.07) is 12.5. The first kappa shape index (κ1) is 19.8. The first-order valence-electron chi connectivity index (χ1n) is 9.20. The summed E-state index contributed by atoms with van der Waals surface area (Å²) in [6.45, 7) is 2.34. The van der Waals surface area contributed by atoms with Crippen molar-refractivity contribution in [1.29, 1.82) is 0 Å². The fourth-order valence-corrected chi connectivity index (χ4v) is 3.20. The number of para-hydroxylation sites is 1. The van der Waals surface area contributed by atoms with Crippen LogP contribution in [0.2, 0.25) is 0 Å². The maximum atomic E-state index is 12.7. The zero-order valence-corrected chi connectivity index (χ0v) is 16.2. The molecule has 0 radical (unpaired) electrons. The number of H-pyrrole nitrogens is 1. The van der Waals surface area contributed by atoms with Crippen molar-refractivity contribution in [3.05, 3.63) is 74.8 Å². The topological polar surface area (TPSA) is 159 Å². The minimum atomic E-state index is -0.910. The van der Waals surface area contributed by atoms with Gasteiger partial charge in [-0.3, -0.25) is 14.9 Å².